The van der Waals surface area contributed by atoms with Gasteiger partial charge in [0.25, 0.3) is 5.91 Å². The van der Waals surface area contributed by atoms with Crippen LogP contribution in [0.3, 0.4) is 0 Å². The van der Waals surface area contributed by atoms with Crippen LogP contribution in [0.25, 0.3) is 16.6 Å². The molecule has 1 atom stereocenters. The highest BCUT2D eigenvalue weighted by Gasteiger charge is 2.24. The zero-order valence-corrected chi connectivity index (χ0v) is 17.6. The molecule has 30 heavy (non-hydrogen) atoms. The maximum absolute atomic E-state index is 13.4. The number of amides is 1. The zero-order chi connectivity index (χ0) is 21.1. The van der Waals surface area contributed by atoms with Crippen molar-refractivity contribution in [1.29, 1.82) is 0 Å². The highest BCUT2D eigenvalue weighted by Crippen LogP contribution is 2.24. The van der Waals surface area contributed by atoms with E-state index in [0.29, 0.717) is 24.8 Å². The number of para-hydroxylation sites is 1. The van der Waals surface area contributed by atoms with E-state index < -0.39 is 0 Å². The second-order valence-corrected chi connectivity index (χ2v) is 7.88. The first-order valence-corrected chi connectivity index (χ1v) is 10.3. The Kier molecular flexibility index (Phi) is 5.81. The fourth-order valence-electron chi connectivity index (χ4n) is 3.85. The second-order valence-electron chi connectivity index (χ2n) is 7.88. The molecule has 4 rings (SSSR count). The molecule has 0 spiro atoms. The molecular weight excluding hydrogens is 378 g/mol. The van der Waals surface area contributed by atoms with Crippen molar-refractivity contribution in [2.45, 2.75) is 32.9 Å². The zero-order valence-electron chi connectivity index (χ0n) is 17.6. The minimum Gasteiger partial charge on any atom is -0.383 e. The van der Waals surface area contributed by atoms with E-state index in [9.17, 15) is 4.79 Å². The van der Waals surface area contributed by atoms with Crippen LogP contribution in [0.4, 0.5) is 0 Å². The monoisotopic (exact) mass is 405 g/mol. The highest BCUT2D eigenvalue weighted by molar-refractivity contribution is 5.99. The van der Waals surface area contributed by atoms with Gasteiger partial charge in [0.2, 0.25) is 0 Å². The van der Waals surface area contributed by atoms with Crippen molar-refractivity contribution in [3.05, 3.63) is 66.2 Å². The van der Waals surface area contributed by atoms with Crippen molar-refractivity contribution in [3.8, 4) is 0 Å². The summed E-state index contributed by atoms with van der Waals surface area (Å²) in [6.07, 6.45) is 2.69. The van der Waals surface area contributed by atoms with Gasteiger partial charge in [-0.2, -0.15) is 0 Å². The van der Waals surface area contributed by atoms with Crippen LogP contribution >= 0.6 is 0 Å². The van der Waals surface area contributed by atoms with Crippen LogP contribution < -0.4 is 5.32 Å². The molecule has 7 nitrogen and oxygen atoms in total. The molecule has 0 saturated heterocycles. The number of fused-ring (bicyclic) bond motifs is 2. The fraction of sp³-hybridized carbons (Fsp3) is 0.348. The van der Waals surface area contributed by atoms with Crippen LogP contribution in [0.2, 0.25) is 0 Å². The van der Waals surface area contributed by atoms with Crippen molar-refractivity contribution in [1.82, 2.24) is 24.5 Å². The molecule has 3 heterocycles. The van der Waals surface area contributed by atoms with Crippen LogP contribution in [0, 0.1) is 5.92 Å². The Morgan fingerprint density at radius 1 is 1.13 bits per heavy atom. The van der Waals surface area contributed by atoms with E-state index in [4.69, 9.17) is 4.74 Å². The van der Waals surface area contributed by atoms with Crippen LogP contribution in [-0.4, -0.2) is 38.8 Å². The predicted molar refractivity (Wildman–Crippen MR) is 116 cm³/mol. The number of pyridine rings is 1. The molecule has 1 N–H and O–H groups in total. The molecule has 0 saturated carbocycles. The molecule has 1 amide bonds. The average Bonchev–Trinajstić information content (AvgIpc) is 3.33. The van der Waals surface area contributed by atoms with Crippen molar-refractivity contribution in [2.24, 2.45) is 5.92 Å². The lowest BCUT2D eigenvalue weighted by atomic mass is 10.0. The molecule has 0 aliphatic carbocycles. The first-order chi connectivity index (χ1) is 14.6. The van der Waals surface area contributed by atoms with Crippen molar-refractivity contribution in [3.63, 3.8) is 0 Å². The predicted octanol–water partition coefficient (Wildman–Crippen LogP) is 3.85. The number of methoxy groups -OCH3 is 1. The summed E-state index contributed by atoms with van der Waals surface area (Å²) in [6.45, 7) is 5.41. The average molecular weight is 406 g/mol. The SMILES string of the molecule is COCCn1c(C(=O)N[C@@H](CC(C)C)c2nnc3ccccn23)cc2ccccc21. The molecular formula is C23H27N5O2. The van der Waals surface area contributed by atoms with Gasteiger partial charge in [0.15, 0.2) is 11.5 Å². The van der Waals surface area contributed by atoms with Crippen molar-refractivity contribution >= 4 is 22.5 Å². The van der Waals surface area contributed by atoms with Gasteiger partial charge in [0, 0.05) is 30.8 Å². The molecule has 0 aliphatic heterocycles. The smallest absolute Gasteiger partial charge is 0.268 e. The van der Waals surface area contributed by atoms with E-state index in [1.165, 1.54) is 0 Å². The summed E-state index contributed by atoms with van der Waals surface area (Å²) < 4.78 is 9.22. The van der Waals surface area contributed by atoms with Crippen LogP contribution in [0.1, 0.15) is 42.6 Å². The summed E-state index contributed by atoms with van der Waals surface area (Å²) >= 11 is 0. The number of hydrogen-bond donors (Lipinski definition) is 1. The highest BCUT2D eigenvalue weighted by atomic mass is 16.5. The molecule has 0 bridgehead atoms. The minimum absolute atomic E-state index is 0.124. The van der Waals surface area contributed by atoms with Crippen LogP contribution in [0.5, 0.6) is 0 Å². The quantitative estimate of drug-likeness (QED) is 0.483. The van der Waals surface area contributed by atoms with Crippen LogP contribution in [-0.2, 0) is 11.3 Å². The molecule has 156 valence electrons. The van der Waals surface area contributed by atoms with Gasteiger partial charge in [-0.25, -0.2) is 0 Å². The molecule has 0 radical (unpaired) electrons. The number of nitrogens with zero attached hydrogens (tertiary/aromatic N) is 4. The molecule has 1 aromatic carbocycles. The van der Waals surface area contributed by atoms with E-state index in [1.807, 2.05) is 63.7 Å². The second kappa shape index (κ2) is 8.67. The van der Waals surface area contributed by atoms with Gasteiger partial charge >= 0.3 is 0 Å². The number of aromatic nitrogens is 4. The first-order valence-electron chi connectivity index (χ1n) is 10.3. The third kappa shape index (κ3) is 3.93. The summed E-state index contributed by atoms with van der Waals surface area (Å²) in [5, 5.41) is 12.9. The third-order valence-corrected chi connectivity index (χ3v) is 5.23. The summed E-state index contributed by atoms with van der Waals surface area (Å²) in [4.78, 5) is 13.4. The molecule has 0 fully saturated rings. The van der Waals surface area contributed by atoms with Gasteiger partial charge in [-0.15, -0.1) is 10.2 Å². The number of carbonyl (C=O) groups excluding carboxylic acids is 1. The Bertz CT molecular complexity index is 1160. The fourth-order valence-corrected chi connectivity index (χ4v) is 3.85. The summed E-state index contributed by atoms with van der Waals surface area (Å²) in [7, 11) is 1.67. The van der Waals surface area contributed by atoms with Gasteiger partial charge in [-0.05, 0) is 36.6 Å². The Hall–Kier alpha value is -3.19. The van der Waals surface area contributed by atoms with E-state index in [1.54, 1.807) is 7.11 Å². The molecule has 0 unspecified atom stereocenters. The number of rotatable bonds is 8. The van der Waals surface area contributed by atoms with E-state index in [0.717, 1.165) is 28.8 Å². The number of nitrogens with one attached hydrogen (secondary N) is 1. The van der Waals surface area contributed by atoms with Gasteiger partial charge in [-0.3, -0.25) is 9.20 Å². The standard InChI is InChI=1S/C23H27N5O2/c1-16(2)14-18(22-26-25-21-10-6-7-11-28(21)22)24-23(29)20-15-17-8-4-5-9-19(17)27(20)12-13-30-3/h4-11,15-16,18H,12-14H2,1-3H3,(H,24,29)/t18-/m0/s1. The van der Waals surface area contributed by atoms with Crippen molar-refractivity contribution in [2.75, 3.05) is 13.7 Å². The van der Waals surface area contributed by atoms with Gasteiger partial charge in [0.1, 0.15) is 5.69 Å². The summed E-state index contributed by atoms with van der Waals surface area (Å²) in [5.74, 6) is 0.999. The Balaban J connectivity index is 1.69. The normalized spacial score (nSPS) is 12.7. The maximum atomic E-state index is 13.4. The molecule has 4 aromatic rings. The van der Waals surface area contributed by atoms with Gasteiger partial charge in [-0.1, -0.05) is 38.1 Å². The minimum atomic E-state index is -0.246. The molecule has 0 aliphatic rings. The van der Waals surface area contributed by atoms with Gasteiger partial charge < -0.3 is 14.6 Å². The topological polar surface area (TPSA) is 73.4 Å². The number of hydrogen-bond acceptors (Lipinski definition) is 4. The number of carbonyl (C=O) groups is 1. The number of ether oxygens (including phenoxy) is 1. The first kappa shape index (κ1) is 20.1. The van der Waals surface area contributed by atoms with Crippen LogP contribution in [0.15, 0.2) is 54.7 Å². The third-order valence-electron chi connectivity index (χ3n) is 5.23. The van der Waals surface area contributed by atoms with E-state index >= 15 is 0 Å². The lowest BCUT2D eigenvalue weighted by Crippen LogP contribution is -2.32. The van der Waals surface area contributed by atoms with Crippen molar-refractivity contribution < 1.29 is 9.53 Å². The Morgan fingerprint density at radius 2 is 1.93 bits per heavy atom. The molecule has 7 heteroatoms. The maximum Gasteiger partial charge on any atom is 0.268 e. The van der Waals surface area contributed by atoms with Gasteiger partial charge in [0.05, 0.1) is 12.6 Å². The Morgan fingerprint density at radius 3 is 2.73 bits per heavy atom. The number of benzene rings is 1. The Labute approximate surface area is 175 Å². The van der Waals surface area contributed by atoms with E-state index in [-0.39, 0.29) is 11.9 Å². The lowest BCUT2D eigenvalue weighted by Gasteiger charge is -2.20. The molecule has 3 aromatic heterocycles. The summed E-state index contributed by atoms with van der Waals surface area (Å²) in [6, 6.07) is 15.5. The lowest BCUT2D eigenvalue weighted by molar-refractivity contribution is 0.0918. The summed E-state index contributed by atoms with van der Waals surface area (Å²) in [5.41, 5.74) is 2.41. The largest absolute Gasteiger partial charge is 0.383 e. The van der Waals surface area contributed by atoms with E-state index in [2.05, 4.69) is 29.4 Å².